The summed E-state index contributed by atoms with van der Waals surface area (Å²) in [6.07, 6.45) is 1.90. The Morgan fingerprint density at radius 1 is 0.261 bits per heavy atom. The standard InChI is InChI=1S/C44H32N2/c1-5-13-35(14-6-1)45(36-15-7-2-8-16-36)39-21-23-41-31(27-39)25-33-29-44-34(30-43(33)41)26-32-28-40(22-24-42(32)44)46(37-17-9-3-10-18-37)38-19-11-4-12-20-38/h1-24,27-30H,25-26H2. The van der Waals surface area contributed by atoms with Gasteiger partial charge in [-0.1, -0.05) is 84.9 Å². The van der Waals surface area contributed by atoms with Crippen molar-refractivity contribution in [2.45, 2.75) is 12.8 Å². The van der Waals surface area contributed by atoms with Gasteiger partial charge < -0.3 is 9.80 Å². The number of nitrogens with zero attached hydrogens (tertiary/aromatic N) is 2. The largest absolute Gasteiger partial charge is 0.310 e. The maximum Gasteiger partial charge on any atom is 0.0464 e. The summed E-state index contributed by atoms with van der Waals surface area (Å²) in [5.74, 6) is 0. The fraction of sp³-hybridized carbons (Fsp3) is 0.0455. The summed E-state index contributed by atoms with van der Waals surface area (Å²) < 4.78 is 0. The minimum Gasteiger partial charge on any atom is -0.310 e. The fourth-order valence-electron chi connectivity index (χ4n) is 7.35. The maximum absolute atomic E-state index is 2.47. The maximum atomic E-state index is 2.47. The van der Waals surface area contributed by atoms with Crippen LogP contribution in [0.2, 0.25) is 0 Å². The van der Waals surface area contributed by atoms with Crippen molar-refractivity contribution in [3.63, 3.8) is 0 Å². The second kappa shape index (κ2) is 10.9. The van der Waals surface area contributed by atoms with Gasteiger partial charge in [-0.15, -0.1) is 0 Å². The van der Waals surface area contributed by atoms with Crippen LogP contribution in [0.1, 0.15) is 22.3 Å². The Labute approximate surface area is 270 Å². The van der Waals surface area contributed by atoms with Crippen LogP contribution in [0.5, 0.6) is 0 Å². The zero-order valence-electron chi connectivity index (χ0n) is 25.5. The van der Waals surface area contributed by atoms with Crippen LogP contribution in [0.4, 0.5) is 34.1 Å². The zero-order chi connectivity index (χ0) is 30.5. The molecule has 0 amide bonds. The first kappa shape index (κ1) is 26.5. The van der Waals surface area contributed by atoms with Crippen LogP contribution in [0.3, 0.4) is 0 Å². The number of hydrogen-bond donors (Lipinski definition) is 0. The number of fused-ring (bicyclic) bond motifs is 6. The molecule has 0 atom stereocenters. The van der Waals surface area contributed by atoms with Gasteiger partial charge in [0.15, 0.2) is 0 Å². The van der Waals surface area contributed by atoms with Gasteiger partial charge >= 0.3 is 0 Å². The number of hydrogen-bond acceptors (Lipinski definition) is 2. The minimum atomic E-state index is 0.951. The summed E-state index contributed by atoms with van der Waals surface area (Å²) in [5.41, 5.74) is 18.2. The average Bonchev–Trinajstić information content (AvgIpc) is 3.65. The highest BCUT2D eigenvalue weighted by Gasteiger charge is 2.27. The van der Waals surface area contributed by atoms with Gasteiger partial charge in [0.05, 0.1) is 0 Å². The molecule has 2 aliphatic carbocycles. The van der Waals surface area contributed by atoms with Gasteiger partial charge in [0, 0.05) is 34.1 Å². The molecule has 0 heterocycles. The van der Waals surface area contributed by atoms with E-state index in [0.29, 0.717) is 0 Å². The number of para-hydroxylation sites is 4. The smallest absolute Gasteiger partial charge is 0.0464 e. The lowest BCUT2D eigenvalue weighted by Crippen LogP contribution is -2.10. The van der Waals surface area contributed by atoms with Gasteiger partial charge in [0.2, 0.25) is 0 Å². The molecule has 0 bridgehead atoms. The molecule has 0 aliphatic heterocycles. The summed E-state index contributed by atoms with van der Waals surface area (Å²) in [4.78, 5) is 4.70. The topological polar surface area (TPSA) is 6.48 Å². The first-order valence-electron chi connectivity index (χ1n) is 16.0. The normalized spacial score (nSPS) is 12.2. The lowest BCUT2D eigenvalue weighted by atomic mass is 9.98. The molecule has 0 unspecified atom stereocenters. The quantitative estimate of drug-likeness (QED) is 0.191. The van der Waals surface area contributed by atoms with Crippen LogP contribution in [-0.4, -0.2) is 0 Å². The van der Waals surface area contributed by atoms with E-state index >= 15 is 0 Å². The predicted molar refractivity (Wildman–Crippen MR) is 192 cm³/mol. The van der Waals surface area contributed by atoms with E-state index < -0.39 is 0 Å². The van der Waals surface area contributed by atoms with Crippen molar-refractivity contribution >= 4 is 34.1 Å². The van der Waals surface area contributed by atoms with E-state index in [4.69, 9.17) is 0 Å². The Kier molecular flexibility index (Phi) is 6.31. The molecule has 0 aromatic heterocycles. The highest BCUT2D eigenvalue weighted by molar-refractivity contribution is 5.89. The highest BCUT2D eigenvalue weighted by Crippen LogP contribution is 2.48. The summed E-state index contributed by atoms with van der Waals surface area (Å²) in [6, 6.07) is 61.6. The molecule has 0 radical (unpaired) electrons. The molecule has 0 fully saturated rings. The summed E-state index contributed by atoms with van der Waals surface area (Å²) >= 11 is 0. The third kappa shape index (κ3) is 4.50. The van der Waals surface area contributed by atoms with E-state index in [1.807, 2.05) is 0 Å². The van der Waals surface area contributed by atoms with E-state index in [1.54, 1.807) is 0 Å². The summed E-state index contributed by atoms with van der Waals surface area (Å²) in [7, 11) is 0. The van der Waals surface area contributed by atoms with Gasteiger partial charge in [-0.2, -0.15) is 0 Å². The molecule has 2 aliphatic rings. The number of rotatable bonds is 6. The molecule has 2 nitrogen and oxygen atoms in total. The van der Waals surface area contributed by atoms with E-state index in [9.17, 15) is 0 Å². The highest BCUT2D eigenvalue weighted by atomic mass is 15.1. The van der Waals surface area contributed by atoms with Crippen molar-refractivity contribution in [3.8, 4) is 22.3 Å². The Morgan fingerprint density at radius 2 is 0.565 bits per heavy atom. The van der Waals surface area contributed by atoms with Crippen molar-refractivity contribution in [1.82, 2.24) is 0 Å². The SMILES string of the molecule is c1ccc(N(c2ccccc2)c2ccc3c(c2)Cc2cc4c(cc2-3)Cc2cc(N(c3ccccc3)c3ccccc3)ccc2-4)cc1. The molecule has 7 aromatic rings. The van der Waals surface area contributed by atoms with Crippen molar-refractivity contribution in [1.29, 1.82) is 0 Å². The van der Waals surface area contributed by atoms with Crippen LogP contribution in [0, 0.1) is 0 Å². The van der Waals surface area contributed by atoms with Gasteiger partial charge in [0.25, 0.3) is 0 Å². The minimum absolute atomic E-state index is 0.951. The predicted octanol–water partition coefficient (Wildman–Crippen LogP) is 11.8. The Bertz CT molecular complexity index is 1950. The van der Waals surface area contributed by atoms with Crippen molar-refractivity contribution in [2.75, 3.05) is 9.80 Å². The van der Waals surface area contributed by atoms with Crippen LogP contribution in [-0.2, 0) is 12.8 Å². The Hall–Kier alpha value is -5.86. The Balaban J connectivity index is 1.06. The second-order valence-electron chi connectivity index (χ2n) is 12.2. The van der Waals surface area contributed by atoms with Gasteiger partial charge in [-0.25, -0.2) is 0 Å². The molecule has 9 rings (SSSR count). The third-order valence-corrected chi connectivity index (χ3v) is 9.42. The lowest BCUT2D eigenvalue weighted by Gasteiger charge is -2.26. The van der Waals surface area contributed by atoms with Gasteiger partial charge in [-0.3, -0.25) is 0 Å². The molecule has 2 heteroatoms. The zero-order valence-corrected chi connectivity index (χ0v) is 25.5. The van der Waals surface area contributed by atoms with Crippen LogP contribution in [0.25, 0.3) is 22.3 Å². The Morgan fingerprint density at radius 3 is 0.891 bits per heavy atom. The van der Waals surface area contributed by atoms with Crippen molar-refractivity contribution in [2.24, 2.45) is 0 Å². The monoisotopic (exact) mass is 588 g/mol. The third-order valence-electron chi connectivity index (χ3n) is 9.42. The number of benzene rings is 7. The van der Waals surface area contributed by atoms with E-state index in [1.165, 1.54) is 55.9 Å². The first-order chi connectivity index (χ1) is 22.8. The number of anilines is 6. The summed E-state index contributed by atoms with van der Waals surface area (Å²) in [5, 5.41) is 0. The van der Waals surface area contributed by atoms with Crippen molar-refractivity contribution in [3.05, 3.63) is 192 Å². The molecule has 0 spiro atoms. The molecule has 7 aromatic carbocycles. The van der Waals surface area contributed by atoms with E-state index in [0.717, 1.165) is 35.6 Å². The molecule has 0 N–H and O–H groups in total. The lowest BCUT2D eigenvalue weighted by molar-refractivity contribution is 1.22. The van der Waals surface area contributed by atoms with Crippen molar-refractivity contribution < 1.29 is 0 Å². The van der Waals surface area contributed by atoms with E-state index in [-0.39, 0.29) is 0 Å². The fourth-order valence-corrected chi connectivity index (χ4v) is 7.35. The van der Waals surface area contributed by atoms with Crippen LogP contribution in [0.15, 0.2) is 170 Å². The summed E-state index contributed by atoms with van der Waals surface area (Å²) in [6.45, 7) is 0. The first-order valence-corrected chi connectivity index (χ1v) is 16.0. The molecular formula is C44H32N2. The van der Waals surface area contributed by atoms with Gasteiger partial charge in [0.1, 0.15) is 0 Å². The molecule has 46 heavy (non-hydrogen) atoms. The molecule has 0 saturated heterocycles. The van der Waals surface area contributed by atoms with Gasteiger partial charge in [-0.05, 0) is 142 Å². The second-order valence-corrected chi connectivity index (χ2v) is 12.2. The average molecular weight is 589 g/mol. The van der Waals surface area contributed by atoms with Crippen LogP contribution < -0.4 is 9.80 Å². The molecule has 0 saturated carbocycles. The molecule has 218 valence electrons. The van der Waals surface area contributed by atoms with E-state index in [2.05, 4.69) is 180 Å². The van der Waals surface area contributed by atoms with Crippen LogP contribution >= 0.6 is 0 Å². The molecular weight excluding hydrogens is 556 g/mol.